The molecule has 270 valence electrons. The third kappa shape index (κ3) is 6.27. The van der Waals surface area contributed by atoms with Gasteiger partial charge in [-0.3, -0.25) is 4.79 Å². The van der Waals surface area contributed by atoms with Crippen molar-refractivity contribution < 1.29 is 44.5 Å². The van der Waals surface area contributed by atoms with E-state index in [4.69, 9.17) is 14.2 Å². The van der Waals surface area contributed by atoms with Crippen molar-refractivity contribution in [2.75, 3.05) is 6.61 Å². The van der Waals surface area contributed by atoms with Gasteiger partial charge in [0, 0.05) is 6.92 Å². The van der Waals surface area contributed by atoms with Gasteiger partial charge in [-0.15, -0.1) is 0 Å². The number of rotatable bonds is 8. The van der Waals surface area contributed by atoms with Crippen molar-refractivity contribution in [1.29, 1.82) is 0 Å². The number of carbonyl (C=O) groups excluding carboxylic acids is 1. The van der Waals surface area contributed by atoms with E-state index in [1.807, 2.05) is 6.92 Å². The van der Waals surface area contributed by atoms with Crippen LogP contribution in [0, 0.1) is 45.3 Å². The number of allylic oxidation sites excluding steroid dienone is 2. The molecule has 0 aromatic rings. The zero-order valence-electron chi connectivity index (χ0n) is 30.4. The third-order valence-corrected chi connectivity index (χ3v) is 14.4. The van der Waals surface area contributed by atoms with Gasteiger partial charge >= 0.3 is 5.97 Å². The van der Waals surface area contributed by atoms with E-state index in [2.05, 4.69) is 54.5 Å². The first-order chi connectivity index (χ1) is 21.7. The molecule has 15 atom stereocenters. The van der Waals surface area contributed by atoms with E-state index < -0.39 is 48.4 Å². The summed E-state index contributed by atoms with van der Waals surface area (Å²) in [6.45, 7) is 18.8. The second-order valence-electron chi connectivity index (χ2n) is 18.1. The van der Waals surface area contributed by atoms with E-state index in [-0.39, 0.29) is 58.0 Å². The maximum absolute atomic E-state index is 12.1. The smallest absolute Gasteiger partial charge is 0.302 e. The molecule has 0 aromatic heterocycles. The number of aliphatic hydroxyl groups excluding tert-OH is 4. The predicted molar refractivity (Wildman–Crippen MR) is 178 cm³/mol. The Morgan fingerprint density at radius 3 is 2.28 bits per heavy atom. The zero-order chi connectivity index (χ0) is 34.9. The number of ether oxygens (including phenoxy) is 3. The highest BCUT2D eigenvalue weighted by Gasteiger charge is 2.73. The van der Waals surface area contributed by atoms with Crippen LogP contribution in [0.25, 0.3) is 0 Å². The molecule has 1 heterocycles. The van der Waals surface area contributed by atoms with Crippen molar-refractivity contribution in [1.82, 2.24) is 0 Å². The first-order valence-electron chi connectivity index (χ1n) is 18.2. The molecule has 4 saturated carbocycles. The van der Waals surface area contributed by atoms with Gasteiger partial charge in [0.1, 0.15) is 31.0 Å². The van der Waals surface area contributed by atoms with E-state index in [0.29, 0.717) is 19.3 Å². The van der Waals surface area contributed by atoms with Crippen LogP contribution in [0.15, 0.2) is 11.6 Å². The Kier molecular flexibility index (Phi) is 10.2. The summed E-state index contributed by atoms with van der Waals surface area (Å²) < 4.78 is 18.1. The van der Waals surface area contributed by atoms with Gasteiger partial charge in [-0.25, -0.2) is 0 Å². The van der Waals surface area contributed by atoms with E-state index >= 15 is 0 Å². The molecule has 1 aliphatic heterocycles. The molecule has 0 aromatic carbocycles. The highest BCUT2D eigenvalue weighted by Crippen LogP contribution is 2.76. The highest BCUT2D eigenvalue weighted by molar-refractivity contribution is 5.65. The number of esters is 1. The van der Waals surface area contributed by atoms with Crippen LogP contribution in [0.3, 0.4) is 0 Å². The summed E-state index contributed by atoms with van der Waals surface area (Å²) in [5.41, 5.74) is -0.451. The minimum absolute atomic E-state index is 0.0271. The molecule has 0 amide bonds. The topological polar surface area (TPSA) is 146 Å². The largest absolute Gasteiger partial charge is 0.463 e. The number of carbonyl (C=O) groups is 1. The molecule has 9 heteroatoms. The second kappa shape index (κ2) is 12.9. The van der Waals surface area contributed by atoms with Crippen molar-refractivity contribution in [2.24, 2.45) is 45.3 Å². The van der Waals surface area contributed by atoms with Crippen LogP contribution in [0.2, 0.25) is 0 Å². The molecule has 47 heavy (non-hydrogen) atoms. The lowest BCUT2D eigenvalue weighted by Crippen LogP contribution is -2.69. The van der Waals surface area contributed by atoms with Gasteiger partial charge in [-0.2, -0.15) is 0 Å². The van der Waals surface area contributed by atoms with Gasteiger partial charge in [0.15, 0.2) is 6.29 Å². The van der Waals surface area contributed by atoms with Crippen LogP contribution in [0.5, 0.6) is 0 Å². The molecule has 4 aliphatic carbocycles. The van der Waals surface area contributed by atoms with E-state index in [1.165, 1.54) is 12.5 Å². The number of hydrogen-bond acceptors (Lipinski definition) is 9. The molecule has 0 radical (unpaired) electrons. The fourth-order valence-electron chi connectivity index (χ4n) is 12.2. The van der Waals surface area contributed by atoms with Gasteiger partial charge in [0.2, 0.25) is 0 Å². The average Bonchev–Trinajstić information content (AvgIpc) is 3.34. The van der Waals surface area contributed by atoms with E-state index in [0.717, 1.165) is 38.5 Å². The van der Waals surface area contributed by atoms with Crippen LogP contribution in [0.1, 0.15) is 120 Å². The summed E-state index contributed by atoms with van der Waals surface area (Å²) in [7, 11) is 0. The maximum atomic E-state index is 12.1. The molecule has 9 nitrogen and oxygen atoms in total. The quantitative estimate of drug-likeness (QED) is 0.139. The number of fused-ring (bicyclic) bond motifs is 5. The van der Waals surface area contributed by atoms with E-state index in [9.17, 15) is 30.3 Å². The van der Waals surface area contributed by atoms with E-state index in [1.54, 1.807) is 0 Å². The molecule has 5 rings (SSSR count). The van der Waals surface area contributed by atoms with Crippen molar-refractivity contribution in [3.8, 4) is 0 Å². The van der Waals surface area contributed by atoms with Crippen molar-refractivity contribution in [3.63, 3.8) is 0 Å². The lowest BCUT2D eigenvalue weighted by molar-refractivity contribution is -0.343. The van der Waals surface area contributed by atoms with Crippen molar-refractivity contribution >= 4 is 5.97 Å². The molecule has 0 unspecified atom stereocenters. The number of hydrogen-bond donors (Lipinski definition) is 5. The molecule has 1 saturated heterocycles. The fourth-order valence-corrected chi connectivity index (χ4v) is 12.2. The monoisotopic (exact) mass is 664 g/mol. The summed E-state index contributed by atoms with van der Waals surface area (Å²) in [5, 5.41) is 56.7. The SMILES string of the molecule is CC(=O)OC[C@H]1O[C@@H](O[C@H]2C[C@]3(C)[C@H](C[C@@H](O)[C@@H]4[C@@H]([C@@](C)(O)CCC=C(C)C)CC[C@]43C)[C@@]3(C)CCCC(C)(C)[C@H]23)[C@H](O)[C@@H](O)[C@@H]1O. The molecule has 5 aliphatic rings. The van der Waals surface area contributed by atoms with Crippen LogP contribution >= 0.6 is 0 Å². The van der Waals surface area contributed by atoms with Gasteiger partial charge < -0.3 is 39.7 Å². The summed E-state index contributed by atoms with van der Waals surface area (Å²) >= 11 is 0. The molecule has 5 fully saturated rings. The van der Waals surface area contributed by atoms with Gasteiger partial charge in [-0.1, -0.05) is 52.7 Å². The Morgan fingerprint density at radius 2 is 1.64 bits per heavy atom. The fraction of sp³-hybridized carbons (Fsp3) is 0.921. The zero-order valence-corrected chi connectivity index (χ0v) is 30.4. The maximum Gasteiger partial charge on any atom is 0.302 e. The summed E-state index contributed by atoms with van der Waals surface area (Å²) in [6.07, 6.45) is 2.33. The van der Waals surface area contributed by atoms with Gasteiger partial charge in [0.05, 0.1) is 17.8 Å². The highest BCUT2D eigenvalue weighted by atomic mass is 16.7. The van der Waals surface area contributed by atoms with Crippen molar-refractivity contribution in [3.05, 3.63) is 11.6 Å². The Bertz CT molecular complexity index is 1180. The number of aliphatic hydroxyl groups is 5. The Labute approximate surface area is 282 Å². The normalized spacial score (nSPS) is 48.8. The summed E-state index contributed by atoms with van der Waals surface area (Å²) in [5.74, 6) is -0.306. The standard InChI is InChI=1S/C38H64O9/c1-21(2)12-10-16-38(9,44)23-13-17-36(7)28(23)24(40)18-27-35(6)15-11-14-34(4,5)32(35)25(19-37(27,36)8)46-33-31(43)30(42)29(41)26(47-33)20-45-22(3)39/h12,23-33,40-44H,10-11,13-20H2,1-9H3/t23-,24+,25-,26+,27+,28-,29+,30-,31+,32-,33+,35+,36+,37+,38-/m0/s1. The van der Waals surface area contributed by atoms with Gasteiger partial charge in [-0.05, 0) is 117 Å². The van der Waals surface area contributed by atoms with Crippen LogP contribution in [0.4, 0.5) is 0 Å². The molecular weight excluding hydrogens is 600 g/mol. The van der Waals surface area contributed by atoms with Gasteiger partial charge in [0.25, 0.3) is 0 Å². The molecule has 0 spiro atoms. The third-order valence-electron chi connectivity index (χ3n) is 14.4. The first kappa shape index (κ1) is 37.2. The van der Waals surface area contributed by atoms with Crippen LogP contribution < -0.4 is 0 Å². The predicted octanol–water partition coefficient (Wildman–Crippen LogP) is 4.90. The minimum atomic E-state index is -1.53. The Balaban J connectivity index is 1.50. The average molecular weight is 665 g/mol. The second-order valence-corrected chi connectivity index (χ2v) is 18.1. The first-order valence-corrected chi connectivity index (χ1v) is 18.2. The molecule has 5 N–H and O–H groups in total. The lowest BCUT2D eigenvalue weighted by atomic mass is 9.34. The summed E-state index contributed by atoms with van der Waals surface area (Å²) in [4.78, 5) is 11.5. The Hall–Kier alpha value is -1.07. The summed E-state index contributed by atoms with van der Waals surface area (Å²) in [6, 6.07) is 0. The Morgan fingerprint density at radius 1 is 0.957 bits per heavy atom. The molecular formula is C38H64O9. The van der Waals surface area contributed by atoms with Crippen LogP contribution in [-0.2, 0) is 19.0 Å². The molecule has 0 bridgehead atoms. The minimum Gasteiger partial charge on any atom is -0.463 e. The lowest BCUT2D eigenvalue weighted by Gasteiger charge is -2.71. The van der Waals surface area contributed by atoms with Crippen molar-refractivity contribution in [2.45, 2.75) is 169 Å². The van der Waals surface area contributed by atoms with Crippen LogP contribution in [-0.4, -0.2) is 86.6 Å².